The first-order valence-corrected chi connectivity index (χ1v) is 7.64. The number of fused-ring (bicyclic) bond motifs is 1. The Morgan fingerprint density at radius 2 is 2.05 bits per heavy atom. The molecule has 0 unspecified atom stereocenters. The van der Waals surface area contributed by atoms with E-state index in [1.807, 2.05) is 13.8 Å². The zero-order valence-electron chi connectivity index (χ0n) is 12.2. The van der Waals surface area contributed by atoms with Gasteiger partial charge in [-0.15, -0.1) is 0 Å². The Labute approximate surface area is 118 Å². The Morgan fingerprint density at radius 3 is 2.80 bits per heavy atom. The topological polar surface area (TPSA) is 65.0 Å². The molecule has 1 aliphatic carbocycles. The van der Waals surface area contributed by atoms with Gasteiger partial charge >= 0.3 is 5.97 Å². The van der Waals surface area contributed by atoms with E-state index in [0.29, 0.717) is 12.3 Å². The molecule has 20 heavy (non-hydrogen) atoms. The first-order chi connectivity index (χ1) is 9.37. The van der Waals surface area contributed by atoms with Gasteiger partial charge in [0.2, 0.25) is 6.29 Å². The highest BCUT2D eigenvalue weighted by molar-refractivity contribution is 5.74. The van der Waals surface area contributed by atoms with Crippen LogP contribution in [-0.2, 0) is 19.0 Å². The molecule has 4 aliphatic rings. The number of esters is 1. The minimum atomic E-state index is -0.833. The molecule has 3 aliphatic heterocycles. The molecule has 0 aromatic carbocycles. The maximum absolute atomic E-state index is 12.1. The fourth-order valence-electron chi connectivity index (χ4n) is 5.19. The first-order valence-electron chi connectivity index (χ1n) is 7.64. The normalized spacial score (nSPS) is 60.9. The molecule has 1 N–H and O–H groups in total. The summed E-state index contributed by atoms with van der Waals surface area (Å²) < 4.78 is 17.8. The predicted molar refractivity (Wildman–Crippen MR) is 68.4 cm³/mol. The maximum Gasteiger partial charge on any atom is 0.311 e. The Morgan fingerprint density at radius 1 is 1.30 bits per heavy atom. The second-order valence-electron chi connectivity index (χ2n) is 7.22. The van der Waals surface area contributed by atoms with Crippen LogP contribution in [0.15, 0.2) is 0 Å². The molecule has 0 aromatic heterocycles. The number of aliphatic hydroxyl groups excluding tert-OH is 1. The van der Waals surface area contributed by atoms with E-state index in [4.69, 9.17) is 14.2 Å². The van der Waals surface area contributed by atoms with Gasteiger partial charge in [-0.1, -0.05) is 13.8 Å². The van der Waals surface area contributed by atoms with E-state index in [-0.39, 0.29) is 23.7 Å². The molecule has 2 bridgehead atoms. The van der Waals surface area contributed by atoms with Gasteiger partial charge in [0, 0.05) is 18.3 Å². The summed E-state index contributed by atoms with van der Waals surface area (Å²) in [7, 11) is 0. The molecule has 5 nitrogen and oxygen atoms in total. The van der Waals surface area contributed by atoms with Crippen LogP contribution >= 0.6 is 0 Å². The van der Waals surface area contributed by atoms with Crippen molar-refractivity contribution in [2.75, 3.05) is 0 Å². The van der Waals surface area contributed by atoms with Gasteiger partial charge in [-0.25, -0.2) is 0 Å². The molecule has 0 amide bonds. The van der Waals surface area contributed by atoms with Crippen LogP contribution < -0.4 is 0 Å². The van der Waals surface area contributed by atoms with Gasteiger partial charge in [0.1, 0.15) is 5.60 Å². The fourth-order valence-corrected chi connectivity index (χ4v) is 5.19. The lowest BCUT2D eigenvalue weighted by Crippen LogP contribution is -2.68. The van der Waals surface area contributed by atoms with E-state index < -0.39 is 23.8 Å². The van der Waals surface area contributed by atoms with Crippen LogP contribution in [0.25, 0.3) is 0 Å². The average Bonchev–Trinajstić information content (AvgIpc) is 2.56. The van der Waals surface area contributed by atoms with Crippen molar-refractivity contribution < 1.29 is 24.1 Å². The predicted octanol–water partition coefficient (Wildman–Crippen LogP) is 1.43. The Hall–Kier alpha value is -0.650. The molecule has 0 aromatic rings. The Bertz CT molecular complexity index is 465. The highest BCUT2D eigenvalue weighted by atomic mass is 16.8. The molecule has 8 atom stereocenters. The van der Waals surface area contributed by atoms with Gasteiger partial charge in [-0.05, 0) is 25.7 Å². The monoisotopic (exact) mass is 282 g/mol. The molecule has 4 rings (SSSR count). The minimum absolute atomic E-state index is 0.0163. The first kappa shape index (κ1) is 13.0. The van der Waals surface area contributed by atoms with Crippen molar-refractivity contribution in [1.29, 1.82) is 0 Å². The highest BCUT2D eigenvalue weighted by Crippen LogP contribution is 2.62. The van der Waals surface area contributed by atoms with Crippen molar-refractivity contribution in [3.05, 3.63) is 0 Å². The molecule has 3 heterocycles. The minimum Gasteiger partial charge on any atom is -0.432 e. The summed E-state index contributed by atoms with van der Waals surface area (Å²) in [6.07, 6.45) is 1.26. The van der Waals surface area contributed by atoms with E-state index in [2.05, 4.69) is 6.92 Å². The second kappa shape index (κ2) is 3.76. The van der Waals surface area contributed by atoms with Crippen LogP contribution in [0.4, 0.5) is 0 Å². The molecular weight excluding hydrogens is 260 g/mol. The van der Waals surface area contributed by atoms with Crippen molar-refractivity contribution in [2.45, 2.75) is 63.8 Å². The summed E-state index contributed by atoms with van der Waals surface area (Å²) in [6, 6.07) is 0. The number of hydrogen-bond donors (Lipinski definition) is 1. The molecule has 0 radical (unpaired) electrons. The van der Waals surface area contributed by atoms with Gasteiger partial charge in [-0.2, -0.15) is 0 Å². The van der Waals surface area contributed by atoms with Crippen LogP contribution in [0.1, 0.15) is 40.0 Å². The van der Waals surface area contributed by atoms with Gasteiger partial charge < -0.3 is 19.3 Å². The summed E-state index contributed by atoms with van der Waals surface area (Å²) in [5.41, 5.74) is -0.655. The molecular formula is C15H22O5. The number of rotatable bonds is 0. The lowest BCUT2D eigenvalue weighted by Gasteiger charge is -2.57. The SMILES string of the molecule is C[C@@H]1CC[C@H]2[C@@H](C)C(=O)O[C@@H]3O[C@@]4(C)C[C@@H](O)[C@@H]1[C@]32O4. The standard InChI is InChI=1S/C15H22O5/c1-7-4-5-9-8(2)12(17)18-13-15(9)11(7)10(16)6-14(3,19-13)20-15/h7-11,13,16H,4-6H2,1-3H3/t7-,8-,9+,10-,11-,13-,14-,15+/m1/s1. The number of ether oxygens (including phenoxy) is 3. The smallest absolute Gasteiger partial charge is 0.311 e. The summed E-state index contributed by atoms with van der Waals surface area (Å²) in [6.45, 7) is 5.90. The lowest BCUT2D eigenvalue weighted by atomic mass is 9.56. The van der Waals surface area contributed by atoms with Crippen molar-refractivity contribution in [3.63, 3.8) is 0 Å². The molecule has 3 saturated heterocycles. The van der Waals surface area contributed by atoms with Crippen LogP contribution in [0, 0.1) is 23.7 Å². The summed E-state index contributed by atoms with van der Waals surface area (Å²) in [4.78, 5) is 12.1. The number of aliphatic hydroxyl groups is 1. The number of carbonyl (C=O) groups is 1. The van der Waals surface area contributed by atoms with E-state index >= 15 is 0 Å². The third-order valence-corrected chi connectivity index (χ3v) is 5.96. The molecule has 1 spiro atoms. The summed E-state index contributed by atoms with van der Waals surface area (Å²) >= 11 is 0. The number of hydrogen-bond acceptors (Lipinski definition) is 5. The van der Waals surface area contributed by atoms with Crippen molar-refractivity contribution >= 4 is 5.97 Å². The lowest BCUT2D eigenvalue weighted by molar-refractivity contribution is -0.287. The fraction of sp³-hybridized carbons (Fsp3) is 0.933. The van der Waals surface area contributed by atoms with Gasteiger partial charge in [-0.3, -0.25) is 4.79 Å². The Kier molecular flexibility index (Phi) is 2.45. The van der Waals surface area contributed by atoms with Crippen LogP contribution in [0.2, 0.25) is 0 Å². The van der Waals surface area contributed by atoms with Crippen molar-refractivity contribution in [1.82, 2.24) is 0 Å². The quantitative estimate of drug-likeness (QED) is 0.681. The van der Waals surface area contributed by atoms with Crippen LogP contribution in [0.3, 0.4) is 0 Å². The third kappa shape index (κ3) is 1.36. The molecule has 112 valence electrons. The van der Waals surface area contributed by atoms with E-state index in [0.717, 1.165) is 12.8 Å². The van der Waals surface area contributed by atoms with Crippen LogP contribution in [0.5, 0.6) is 0 Å². The summed E-state index contributed by atoms with van der Waals surface area (Å²) in [5, 5.41) is 10.6. The number of carbonyl (C=O) groups excluding carboxylic acids is 1. The largest absolute Gasteiger partial charge is 0.432 e. The average molecular weight is 282 g/mol. The van der Waals surface area contributed by atoms with Crippen molar-refractivity contribution in [3.8, 4) is 0 Å². The van der Waals surface area contributed by atoms with E-state index in [1.54, 1.807) is 0 Å². The summed E-state index contributed by atoms with van der Waals surface area (Å²) in [5.74, 6) is -0.825. The molecule has 1 saturated carbocycles. The zero-order valence-corrected chi connectivity index (χ0v) is 12.2. The van der Waals surface area contributed by atoms with E-state index in [1.165, 1.54) is 0 Å². The molecule has 5 heteroatoms. The van der Waals surface area contributed by atoms with Crippen molar-refractivity contribution in [2.24, 2.45) is 23.7 Å². The Balaban J connectivity index is 1.86. The maximum atomic E-state index is 12.1. The van der Waals surface area contributed by atoms with Crippen LogP contribution in [-0.4, -0.2) is 34.9 Å². The van der Waals surface area contributed by atoms with E-state index in [9.17, 15) is 9.90 Å². The third-order valence-electron chi connectivity index (χ3n) is 5.96. The zero-order chi connectivity index (χ0) is 14.3. The van der Waals surface area contributed by atoms with Gasteiger partial charge in [0.05, 0.1) is 12.0 Å². The van der Waals surface area contributed by atoms with Gasteiger partial charge in [0.25, 0.3) is 0 Å². The second-order valence-corrected chi connectivity index (χ2v) is 7.22. The van der Waals surface area contributed by atoms with Gasteiger partial charge in [0.15, 0.2) is 5.79 Å². The molecule has 4 fully saturated rings. The highest BCUT2D eigenvalue weighted by Gasteiger charge is 2.74.